The zero-order chi connectivity index (χ0) is 13.1. The highest BCUT2D eigenvalue weighted by atomic mass is 79.9. The average molecular weight is 314 g/mol. The maximum atomic E-state index is 12.4. The van der Waals surface area contributed by atoms with Crippen molar-refractivity contribution in [3.63, 3.8) is 0 Å². The van der Waals surface area contributed by atoms with Crippen LogP contribution in [-0.2, 0) is 0 Å². The molecule has 0 aliphatic carbocycles. The van der Waals surface area contributed by atoms with E-state index in [1.54, 1.807) is 25.4 Å². The van der Waals surface area contributed by atoms with Gasteiger partial charge in [0.25, 0.3) is 6.43 Å². The second kappa shape index (κ2) is 5.39. The van der Waals surface area contributed by atoms with E-state index in [9.17, 15) is 8.78 Å². The number of anilines is 1. The van der Waals surface area contributed by atoms with Crippen LogP contribution >= 0.6 is 15.9 Å². The molecule has 0 saturated carbocycles. The number of nitrogens with one attached hydrogen (secondary N) is 1. The van der Waals surface area contributed by atoms with Crippen LogP contribution in [0.2, 0.25) is 0 Å². The van der Waals surface area contributed by atoms with Gasteiger partial charge in [-0.05, 0) is 15.9 Å². The predicted octanol–water partition coefficient (Wildman–Crippen LogP) is 3.89. The first-order valence-corrected chi connectivity index (χ1v) is 6.00. The highest BCUT2D eigenvalue weighted by Gasteiger charge is 2.09. The largest absolute Gasteiger partial charge is 0.372 e. The Labute approximate surface area is 111 Å². The number of rotatable bonds is 3. The maximum Gasteiger partial charge on any atom is 0.263 e. The maximum absolute atomic E-state index is 12.4. The van der Waals surface area contributed by atoms with Crippen LogP contribution in [0.15, 0.2) is 34.9 Å². The first-order valence-electron chi connectivity index (χ1n) is 5.20. The Morgan fingerprint density at radius 3 is 2.44 bits per heavy atom. The summed E-state index contributed by atoms with van der Waals surface area (Å²) in [5, 5.41) is 2.92. The molecule has 0 atom stereocenters. The van der Waals surface area contributed by atoms with Crippen LogP contribution in [0.4, 0.5) is 14.6 Å². The summed E-state index contributed by atoms with van der Waals surface area (Å²) in [5.74, 6) is 1.14. The number of aromatic nitrogens is 2. The molecule has 0 saturated heterocycles. The molecule has 0 unspecified atom stereocenters. The van der Waals surface area contributed by atoms with Crippen molar-refractivity contribution in [2.75, 3.05) is 12.4 Å². The Bertz CT molecular complexity index is 544. The van der Waals surface area contributed by atoms with E-state index in [2.05, 4.69) is 31.2 Å². The second-order valence-corrected chi connectivity index (χ2v) is 4.42. The Kier molecular flexibility index (Phi) is 3.86. The first-order chi connectivity index (χ1) is 8.61. The quantitative estimate of drug-likeness (QED) is 0.934. The van der Waals surface area contributed by atoms with Gasteiger partial charge in [0.1, 0.15) is 5.82 Å². The van der Waals surface area contributed by atoms with Gasteiger partial charge in [-0.25, -0.2) is 18.7 Å². The smallest absolute Gasteiger partial charge is 0.263 e. The van der Waals surface area contributed by atoms with Gasteiger partial charge in [0.15, 0.2) is 5.82 Å². The third-order valence-electron chi connectivity index (χ3n) is 2.40. The topological polar surface area (TPSA) is 37.8 Å². The summed E-state index contributed by atoms with van der Waals surface area (Å²) < 4.78 is 25.6. The van der Waals surface area contributed by atoms with Gasteiger partial charge < -0.3 is 5.32 Å². The molecule has 2 aromatic rings. The van der Waals surface area contributed by atoms with Crippen molar-refractivity contribution in [3.05, 3.63) is 40.5 Å². The molecule has 0 bridgehead atoms. The molecule has 3 nitrogen and oxygen atoms in total. The van der Waals surface area contributed by atoms with Gasteiger partial charge in [0, 0.05) is 24.4 Å². The summed E-state index contributed by atoms with van der Waals surface area (Å²) in [7, 11) is 1.75. The first kappa shape index (κ1) is 12.9. The molecule has 0 aliphatic rings. The normalized spacial score (nSPS) is 10.7. The molecular weight excluding hydrogens is 304 g/mol. The molecule has 94 valence electrons. The van der Waals surface area contributed by atoms with Crippen LogP contribution in [0.3, 0.4) is 0 Å². The molecule has 1 heterocycles. The van der Waals surface area contributed by atoms with Crippen molar-refractivity contribution in [3.8, 4) is 11.4 Å². The molecule has 6 heteroatoms. The number of halogens is 3. The number of nitrogens with zero attached hydrogens (tertiary/aromatic N) is 2. The third kappa shape index (κ3) is 2.64. The minimum atomic E-state index is -2.46. The molecule has 1 N–H and O–H groups in total. The van der Waals surface area contributed by atoms with Crippen LogP contribution in [0.1, 0.15) is 12.0 Å². The van der Waals surface area contributed by atoms with Crippen molar-refractivity contribution in [2.45, 2.75) is 6.43 Å². The molecule has 0 radical (unpaired) electrons. The van der Waals surface area contributed by atoms with E-state index in [0.29, 0.717) is 17.2 Å². The molecule has 1 aromatic carbocycles. The molecule has 0 aliphatic heterocycles. The Morgan fingerprint density at radius 1 is 1.22 bits per heavy atom. The van der Waals surface area contributed by atoms with E-state index in [0.717, 1.165) is 4.47 Å². The van der Waals surface area contributed by atoms with Crippen molar-refractivity contribution >= 4 is 21.7 Å². The van der Waals surface area contributed by atoms with Gasteiger partial charge in [0.2, 0.25) is 0 Å². The number of hydrogen-bond donors (Lipinski definition) is 1. The fraction of sp³-hybridized carbons (Fsp3) is 0.167. The van der Waals surface area contributed by atoms with Crippen molar-refractivity contribution in [1.82, 2.24) is 9.97 Å². The summed E-state index contributed by atoms with van der Waals surface area (Å²) in [6.45, 7) is 0. The Balaban J connectivity index is 2.36. The Hall–Kier alpha value is -1.56. The molecule has 0 amide bonds. The van der Waals surface area contributed by atoms with Crippen LogP contribution in [0.25, 0.3) is 11.4 Å². The van der Waals surface area contributed by atoms with Gasteiger partial charge in [-0.2, -0.15) is 0 Å². The lowest BCUT2D eigenvalue weighted by atomic mass is 10.1. The fourth-order valence-electron chi connectivity index (χ4n) is 1.46. The van der Waals surface area contributed by atoms with Gasteiger partial charge in [0.05, 0.1) is 4.47 Å². The fourth-order valence-corrected chi connectivity index (χ4v) is 1.85. The Morgan fingerprint density at radius 2 is 1.89 bits per heavy atom. The SMILES string of the molecule is CNc1nc(-c2ccc(C(F)F)cc2)ncc1Br. The second-order valence-electron chi connectivity index (χ2n) is 3.56. The average Bonchev–Trinajstić information content (AvgIpc) is 2.39. The van der Waals surface area contributed by atoms with E-state index in [1.807, 2.05) is 0 Å². The van der Waals surface area contributed by atoms with E-state index in [1.165, 1.54) is 12.1 Å². The zero-order valence-corrected chi connectivity index (χ0v) is 11.1. The third-order valence-corrected chi connectivity index (χ3v) is 2.98. The summed E-state index contributed by atoms with van der Waals surface area (Å²) in [6, 6.07) is 5.93. The van der Waals surface area contributed by atoms with Gasteiger partial charge in [-0.15, -0.1) is 0 Å². The van der Waals surface area contributed by atoms with E-state index in [4.69, 9.17) is 0 Å². The molecular formula is C12H10BrF2N3. The predicted molar refractivity (Wildman–Crippen MR) is 69.7 cm³/mol. The van der Waals surface area contributed by atoms with Crippen LogP contribution in [0, 0.1) is 0 Å². The minimum absolute atomic E-state index is 0.00954. The summed E-state index contributed by atoms with van der Waals surface area (Å²) >= 11 is 3.31. The molecule has 0 fully saturated rings. The van der Waals surface area contributed by atoms with Crippen LogP contribution < -0.4 is 5.32 Å². The van der Waals surface area contributed by atoms with Crippen molar-refractivity contribution < 1.29 is 8.78 Å². The minimum Gasteiger partial charge on any atom is -0.372 e. The number of alkyl halides is 2. The number of benzene rings is 1. The van der Waals surface area contributed by atoms with Gasteiger partial charge in [-0.1, -0.05) is 24.3 Å². The van der Waals surface area contributed by atoms with E-state index < -0.39 is 6.43 Å². The van der Waals surface area contributed by atoms with Crippen LogP contribution in [0.5, 0.6) is 0 Å². The standard InChI is InChI=1S/C12H10BrF2N3/c1-16-12-9(13)6-17-11(18-12)8-4-2-7(3-5-8)10(14)15/h2-6,10H,1H3,(H,16,17,18). The van der Waals surface area contributed by atoms with Gasteiger partial charge in [-0.3, -0.25) is 0 Å². The lowest BCUT2D eigenvalue weighted by Gasteiger charge is -2.06. The lowest BCUT2D eigenvalue weighted by molar-refractivity contribution is 0.151. The summed E-state index contributed by atoms with van der Waals surface area (Å²) in [5.41, 5.74) is 0.688. The summed E-state index contributed by atoms with van der Waals surface area (Å²) in [6.07, 6.45) is -0.840. The molecule has 0 spiro atoms. The van der Waals surface area contributed by atoms with E-state index >= 15 is 0 Å². The molecule has 2 rings (SSSR count). The molecule has 1 aromatic heterocycles. The highest BCUT2D eigenvalue weighted by Crippen LogP contribution is 2.25. The lowest BCUT2D eigenvalue weighted by Crippen LogP contribution is -1.97. The molecule has 18 heavy (non-hydrogen) atoms. The van der Waals surface area contributed by atoms with Crippen LogP contribution in [-0.4, -0.2) is 17.0 Å². The highest BCUT2D eigenvalue weighted by molar-refractivity contribution is 9.10. The van der Waals surface area contributed by atoms with Gasteiger partial charge >= 0.3 is 0 Å². The summed E-state index contributed by atoms with van der Waals surface area (Å²) in [4.78, 5) is 8.43. The van der Waals surface area contributed by atoms with Crippen molar-refractivity contribution in [2.24, 2.45) is 0 Å². The monoisotopic (exact) mass is 313 g/mol. The zero-order valence-electron chi connectivity index (χ0n) is 9.49. The number of hydrogen-bond acceptors (Lipinski definition) is 3. The van der Waals surface area contributed by atoms with Crippen molar-refractivity contribution in [1.29, 1.82) is 0 Å². The van der Waals surface area contributed by atoms with E-state index in [-0.39, 0.29) is 5.56 Å².